The molecule has 0 N–H and O–H groups in total. The zero-order chi connectivity index (χ0) is 19.9. The molecule has 3 rings (SSSR count). The maximum atomic E-state index is 9.83. The zero-order valence-electron chi connectivity index (χ0n) is 14.6. The van der Waals surface area contributed by atoms with Gasteiger partial charge in [0, 0.05) is 17.0 Å². The molecule has 1 aromatic heterocycles. The van der Waals surface area contributed by atoms with Crippen LogP contribution >= 0.6 is 0 Å². The Morgan fingerprint density at radius 3 is 2.29 bits per heavy atom. The lowest BCUT2D eigenvalue weighted by Gasteiger charge is -2.06. The SMILES string of the molecule is [C-]#[N+]/C(C#N)=c1\cc/c(=C(/C#N)c2ccc([N+]#[C-])cc2)c(-c2ccccn2)c1. The van der Waals surface area contributed by atoms with Gasteiger partial charge < -0.3 is 0 Å². The van der Waals surface area contributed by atoms with Crippen molar-refractivity contribution in [3.63, 3.8) is 0 Å². The minimum absolute atomic E-state index is 0.0244. The van der Waals surface area contributed by atoms with E-state index in [0.717, 1.165) is 0 Å². The van der Waals surface area contributed by atoms with E-state index in [1.54, 1.807) is 54.7 Å². The third kappa shape index (κ3) is 3.47. The summed E-state index contributed by atoms with van der Waals surface area (Å²) in [5.74, 6) is 0. The Balaban J connectivity index is 2.43. The van der Waals surface area contributed by atoms with E-state index in [9.17, 15) is 10.5 Å². The second-order valence-corrected chi connectivity index (χ2v) is 5.69. The van der Waals surface area contributed by atoms with Crippen molar-refractivity contribution in [1.82, 2.24) is 4.98 Å². The number of pyridine rings is 1. The summed E-state index contributed by atoms with van der Waals surface area (Å²) in [6, 6.07) is 21.4. The van der Waals surface area contributed by atoms with Crippen LogP contribution in [0.25, 0.3) is 32.2 Å². The highest BCUT2D eigenvalue weighted by molar-refractivity contribution is 5.81. The van der Waals surface area contributed by atoms with Gasteiger partial charge in [0.1, 0.15) is 6.07 Å². The van der Waals surface area contributed by atoms with Crippen LogP contribution in [0.3, 0.4) is 0 Å². The summed E-state index contributed by atoms with van der Waals surface area (Å²) in [5, 5.41) is 20.1. The molecule has 5 heteroatoms. The Labute approximate surface area is 162 Å². The molecule has 0 unspecified atom stereocenters. The molecule has 0 bridgehead atoms. The molecule has 128 valence electrons. The number of hydrogen-bond acceptors (Lipinski definition) is 3. The highest BCUT2D eigenvalue weighted by atomic mass is 14.7. The van der Waals surface area contributed by atoms with Crippen LogP contribution in [0.2, 0.25) is 0 Å². The normalized spacial score (nSPS) is 11.9. The molecule has 0 saturated carbocycles. The third-order valence-electron chi connectivity index (χ3n) is 4.12. The maximum Gasteiger partial charge on any atom is 0.268 e. The molecule has 5 nitrogen and oxygen atoms in total. The first-order valence-corrected chi connectivity index (χ1v) is 8.17. The lowest BCUT2D eigenvalue weighted by Crippen LogP contribution is -2.16. The van der Waals surface area contributed by atoms with Crippen LogP contribution in [0.4, 0.5) is 5.69 Å². The van der Waals surface area contributed by atoms with Crippen LogP contribution in [0.15, 0.2) is 66.9 Å². The summed E-state index contributed by atoms with van der Waals surface area (Å²) in [6.45, 7) is 14.3. The number of aromatic nitrogens is 1. The van der Waals surface area contributed by atoms with Crippen LogP contribution in [-0.4, -0.2) is 4.98 Å². The van der Waals surface area contributed by atoms with Crippen molar-refractivity contribution < 1.29 is 0 Å². The van der Waals surface area contributed by atoms with E-state index in [-0.39, 0.29) is 5.70 Å². The summed E-state index contributed by atoms with van der Waals surface area (Å²) in [7, 11) is 0. The number of benzene rings is 2. The van der Waals surface area contributed by atoms with Crippen LogP contribution < -0.4 is 10.4 Å². The molecule has 0 saturated heterocycles. The van der Waals surface area contributed by atoms with E-state index in [1.165, 1.54) is 0 Å². The van der Waals surface area contributed by atoms with Crippen LogP contribution in [0.5, 0.6) is 0 Å². The van der Waals surface area contributed by atoms with Gasteiger partial charge in [0.25, 0.3) is 5.70 Å². The largest absolute Gasteiger partial charge is 0.268 e. The van der Waals surface area contributed by atoms with Crippen molar-refractivity contribution in [2.24, 2.45) is 0 Å². The lowest BCUT2D eigenvalue weighted by atomic mass is 9.98. The van der Waals surface area contributed by atoms with Gasteiger partial charge in [-0.2, -0.15) is 5.26 Å². The van der Waals surface area contributed by atoms with Gasteiger partial charge in [0.05, 0.1) is 30.5 Å². The average Bonchev–Trinajstić information content (AvgIpc) is 2.77. The first kappa shape index (κ1) is 18.1. The van der Waals surface area contributed by atoms with Gasteiger partial charge in [-0.15, -0.1) is 0 Å². The molecule has 28 heavy (non-hydrogen) atoms. The van der Waals surface area contributed by atoms with Crippen molar-refractivity contribution in [2.75, 3.05) is 0 Å². The number of nitriles is 2. The molecule has 0 aliphatic rings. The van der Waals surface area contributed by atoms with Crippen LogP contribution in [0.1, 0.15) is 5.56 Å². The van der Waals surface area contributed by atoms with Crippen molar-refractivity contribution >= 4 is 17.0 Å². The predicted molar refractivity (Wildman–Crippen MR) is 105 cm³/mol. The fraction of sp³-hybridized carbons (Fsp3) is 0. The smallest absolute Gasteiger partial charge is 0.256 e. The van der Waals surface area contributed by atoms with Gasteiger partial charge in [-0.05, 0) is 22.9 Å². The molecule has 2 aromatic carbocycles. The maximum absolute atomic E-state index is 9.83. The number of hydrogen-bond donors (Lipinski definition) is 0. The lowest BCUT2D eigenvalue weighted by molar-refractivity contribution is 1.31. The fourth-order valence-corrected chi connectivity index (χ4v) is 2.78. The minimum atomic E-state index is -0.0244. The molecule has 0 radical (unpaired) electrons. The summed E-state index contributed by atoms with van der Waals surface area (Å²) in [5.41, 5.74) is 2.85. The first-order chi connectivity index (χ1) is 13.7. The molecule has 0 spiro atoms. The predicted octanol–water partition coefficient (Wildman–Crippen LogP) is 3.57. The van der Waals surface area contributed by atoms with E-state index in [1.807, 2.05) is 18.2 Å². The van der Waals surface area contributed by atoms with Crippen LogP contribution in [0, 0.1) is 35.8 Å². The van der Waals surface area contributed by atoms with E-state index in [4.69, 9.17) is 13.1 Å². The molecule has 0 atom stereocenters. The number of nitrogens with zero attached hydrogens (tertiary/aromatic N) is 5. The van der Waals surface area contributed by atoms with Crippen molar-refractivity contribution in [2.45, 2.75) is 0 Å². The molecular formula is C23H11N5. The monoisotopic (exact) mass is 357 g/mol. The summed E-state index contributed by atoms with van der Waals surface area (Å²) >= 11 is 0. The second kappa shape index (κ2) is 8.11. The molecule has 0 fully saturated rings. The third-order valence-corrected chi connectivity index (χ3v) is 4.12. The summed E-state index contributed by atoms with van der Waals surface area (Å²) < 4.78 is 0. The molecule has 0 amide bonds. The van der Waals surface area contributed by atoms with Crippen molar-refractivity contribution in [3.05, 3.63) is 106 Å². The Kier molecular flexibility index (Phi) is 5.24. The quantitative estimate of drug-likeness (QED) is 0.658. The van der Waals surface area contributed by atoms with Gasteiger partial charge in [-0.3, -0.25) is 4.98 Å². The van der Waals surface area contributed by atoms with E-state index in [2.05, 4.69) is 20.7 Å². The van der Waals surface area contributed by atoms with Gasteiger partial charge in [-0.1, -0.05) is 48.5 Å². The highest BCUT2D eigenvalue weighted by Gasteiger charge is 2.09. The average molecular weight is 357 g/mol. The minimum Gasteiger partial charge on any atom is -0.256 e. The summed E-state index contributed by atoms with van der Waals surface area (Å²) in [4.78, 5) is 11.0. The van der Waals surface area contributed by atoms with Gasteiger partial charge >= 0.3 is 0 Å². The van der Waals surface area contributed by atoms with Crippen molar-refractivity contribution in [3.8, 4) is 23.4 Å². The molecule has 1 heterocycles. The first-order valence-electron chi connectivity index (χ1n) is 8.17. The Morgan fingerprint density at radius 1 is 0.929 bits per heavy atom. The Morgan fingerprint density at radius 2 is 1.71 bits per heavy atom. The van der Waals surface area contributed by atoms with Gasteiger partial charge in [0.15, 0.2) is 5.69 Å². The standard InChI is InChI=1S/C23H11N5/c1-26-18-9-6-16(7-10-18)21(14-24)19-11-8-17(23(15-25)27-2)13-20(19)22-5-3-4-12-28-22/h3-13H/b21-19+,23-17+. The topological polar surface area (TPSA) is 69.2 Å². The number of rotatable bonds is 2. The molecule has 0 aliphatic heterocycles. The van der Waals surface area contributed by atoms with Crippen molar-refractivity contribution in [1.29, 1.82) is 10.5 Å². The Hall–Kier alpha value is -4.71. The summed E-state index contributed by atoms with van der Waals surface area (Å²) in [6.07, 6.45) is 1.65. The zero-order valence-corrected chi connectivity index (χ0v) is 14.6. The molecule has 3 aromatic rings. The second-order valence-electron chi connectivity index (χ2n) is 5.69. The highest BCUT2D eigenvalue weighted by Crippen LogP contribution is 2.19. The van der Waals surface area contributed by atoms with E-state index in [0.29, 0.717) is 38.5 Å². The van der Waals surface area contributed by atoms with Crippen LogP contribution in [-0.2, 0) is 0 Å². The molecular weight excluding hydrogens is 346 g/mol. The fourth-order valence-electron chi connectivity index (χ4n) is 2.78. The molecule has 0 aliphatic carbocycles. The van der Waals surface area contributed by atoms with E-state index >= 15 is 0 Å². The van der Waals surface area contributed by atoms with Gasteiger partial charge in [0.2, 0.25) is 0 Å². The van der Waals surface area contributed by atoms with Gasteiger partial charge in [-0.25, -0.2) is 15.0 Å². The Bertz CT molecular complexity index is 1310. The van der Waals surface area contributed by atoms with E-state index < -0.39 is 0 Å².